The maximum Gasteiger partial charge on any atom is 0.374 e. The van der Waals surface area contributed by atoms with Gasteiger partial charge in [-0.3, -0.25) is 14.4 Å². The highest BCUT2D eigenvalue weighted by molar-refractivity contribution is 6.46. The minimum absolute atomic E-state index is 0.0434. The van der Waals surface area contributed by atoms with Gasteiger partial charge in [0.15, 0.2) is 5.78 Å². The SMILES string of the molecule is CB(O)NCCCC[C@@H](NC(=O)[C@H](CC(=O)[C@@H](Cc1ccccc1)NC(=O)[C@H](NB(C)O)[C@H](C)c1ccccc1)CC(C)C)C(=O)O. The number of benzene rings is 2. The molecule has 0 aromatic heterocycles. The molecular weight excluding hydrogens is 598 g/mol. The predicted octanol–water partition coefficient (Wildman–Crippen LogP) is 2.65. The van der Waals surface area contributed by atoms with Gasteiger partial charge in [0.05, 0.1) is 12.1 Å². The van der Waals surface area contributed by atoms with E-state index < -0.39 is 55.9 Å². The molecule has 5 atom stereocenters. The van der Waals surface area contributed by atoms with Gasteiger partial charge in [-0.2, -0.15) is 0 Å². The molecule has 13 heteroatoms. The molecule has 0 spiro atoms. The summed E-state index contributed by atoms with van der Waals surface area (Å²) in [6.45, 7) is 9.35. The van der Waals surface area contributed by atoms with Gasteiger partial charge >= 0.3 is 20.1 Å². The number of Topliss-reactive ketones (excluding diaryl/α,β-unsaturated/α-hetero) is 1. The molecule has 11 nitrogen and oxygen atoms in total. The molecule has 0 unspecified atom stereocenters. The summed E-state index contributed by atoms with van der Waals surface area (Å²) in [5.74, 6) is -3.58. The van der Waals surface area contributed by atoms with Gasteiger partial charge in [0.1, 0.15) is 6.04 Å². The standard InChI is InChI=1S/C34H52B2N4O7/c1-23(2)20-27(32(42)38-28(34(44)45)18-12-13-19-37-35(4)46)22-30(41)29(21-25-14-8-6-9-15-25)39-33(43)31(40-36(5)47)24(3)26-16-10-7-11-17-26/h6-11,14-17,23-24,27-29,31,37,40,46-47H,12-13,18-22H2,1-5H3,(H,38,42)(H,39,43)(H,44,45)/t24-,27+,28-,29-,31-/m1/s1. The largest absolute Gasteiger partial charge is 0.480 e. The predicted molar refractivity (Wildman–Crippen MR) is 186 cm³/mol. The Morgan fingerprint density at radius 1 is 0.787 bits per heavy atom. The van der Waals surface area contributed by atoms with Crippen LogP contribution in [0.2, 0.25) is 13.6 Å². The van der Waals surface area contributed by atoms with E-state index in [1.807, 2.05) is 81.4 Å². The van der Waals surface area contributed by atoms with Gasteiger partial charge in [-0.05, 0) is 69.3 Å². The number of carbonyl (C=O) groups is 4. The van der Waals surface area contributed by atoms with E-state index >= 15 is 0 Å². The van der Waals surface area contributed by atoms with E-state index in [1.54, 1.807) is 6.82 Å². The van der Waals surface area contributed by atoms with Crippen molar-refractivity contribution in [1.29, 1.82) is 0 Å². The number of ketones is 1. The van der Waals surface area contributed by atoms with Gasteiger partial charge < -0.3 is 36.2 Å². The van der Waals surface area contributed by atoms with E-state index in [2.05, 4.69) is 21.1 Å². The van der Waals surface area contributed by atoms with Crippen LogP contribution >= 0.6 is 0 Å². The highest BCUT2D eigenvalue weighted by atomic mass is 16.4. The van der Waals surface area contributed by atoms with Crippen molar-refractivity contribution in [1.82, 2.24) is 21.1 Å². The van der Waals surface area contributed by atoms with E-state index in [-0.39, 0.29) is 36.9 Å². The van der Waals surface area contributed by atoms with Crippen molar-refractivity contribution in [2.45, 2.75) is 97.0 Å². The fraction of sp³-hybridized carbons (Fsp3) is 0.529. The van der Waals surface area contributed by atoms with Crippen LogP contribution in [0.3, 0.4) is 0 Å². The van der Waals surface area contributed by atoms with Crippen LogP contribution in [0.4, 0.5) is 0 Å². The lowest BCUT2D eigenvalue weighted by atomic mass is 9.82. The molecular formula is C34H52B2N4O7. The number of carboxylic acids is 1. The maximum absolute atomic E-state index is 14.0. The summed E-state index contributed by atoms with van der Waals surface area (Å²) in [6.07, 6.45) is 1.70. The Kier molecular flexibility index (Phi) is 17.4. The number of aliphatic carboxylic acids is 1. The van der Waals surface area contributed by atoms with Crippen LogP contribution in [-0.2, 0) is 25.6 Å². The van der Waals surface area contributed by atoms with Crippen LogP contribution in [0.1, 0.15) is 69.9 Å². The molecule has 0 heterocycles. The molecule has 2 rings (SSSR count). The molecule has 0 saturated heterocycles. The van der Waals surface area contributed by atoms with Crippen LogP contribution < -0.4 is 21.1 Å². The molecule has 2 aromatic carbocycles. The summed E-state index contributed by atoms with van der Waals surface area (Å²) >= 11 is 0. The van der Waals surface area contributed by atoms with Crippen molar-refractivity contribution in [3.8, 4) is 0 Å². The first-order valence-corrected chi connectivity index (χ1v) is 16.6. The highest BCUT2D eigenvalue weighted by Gasteiger charge is 2.34. The minimum Gasteiger partial charge on any atom is -0.480 e. The Labute approximate surface area is 280 Å². The number of hydrogen-bond donors (Lipinski definition) is 7. The topological polar surface area (TPSA) is 177 Å². The van der Waals surface area contributed by atoms with Crippen LogP contribution in [0.25, 0.3) is 0 Å². The zero-order chi connectivity index (χ0) is 34.9. The van der Waals surface area contributed by atoms with Gasteiger partial charge in [0, 0.05) is 18.3 Å². The van der Waals surface area contributed by atoms with Gasteiger partial charge in [0.2, 0.25) is 11.8 Å². The van der Waals surface area contributed by atoms with Crippen LogP contribution in [0.15, 0.2) is 60.7 Å². The molecule has 0 saturated carbocycles. The van der Waals surface area contributed by atoms with Gasteiger partial charge in [-0.1, -0.05) is 81.4 Å². The normalized spacial score (nSPS) is 14.4. The Hall–Kier alpha value is -3.51. The van der Waals surface area contributed by atoms with E-state index in [9.17, 15) is 34.3 Å². The van der Waals surface area contributed by atoms with Crippen molar-refractivity contribution in [2.24, 2.45) is 11.8 Å². The third-order valence-corrected chi connectivity index (χ3v) is 8.06. The second-order valence-electron chi connectivity index (χ2n) is 12.8. The lowest BCUT2D eigenvalue weighted by Crippen LogP contribution is -2.56. The number of carbonyl (C=O) groups excluding carboxylic acids is 3. The number of carboxylic acid groups (broad SMARTS) is 1. The Morgan fingerprint density at radius 3 is 1.94 bits per heavy atom. The van der Waals surface area contributed by atoms with Crippen molar-refractivity contribution in [3.63, 3.8) is 0 Å². The molecule has 0 fully saturated rings. The number of nitrogens with one attached hydrogen (secondary N) is 4. The monoisotopic (exact) mass is 650 g/mol. The highest BCUT2D eigenvalue weighted by Crippen LogP contribution is 2.22. The summed E-state index contributed by atoms with van der Waals surface area (Å²) < 4.78 is 0. The van der Waals surface area contributed by atoms with E-state index in [0.29, 0.717) is 25.8 Å². The zero-order valence-electron chi connectivity index (χ0n) is 28.3. The molecule has 0 aliphatic carbocycles. The fourth-order valence-corrected chi connectivity index (χ4v) is 5.58. The molecule has 2 amide bonds. The zero-order valence-corrected chi connectivity index (χ0v) is 28.3. The average molecular weight is 650 g/mol. The first-order chi connectivity index (χ1) is 22.3. The van der Waals surface area contributed by atoms with Crippen molar-refractivity contribution < 1.29 is 34.3 Å². The number of unbranched alkanes of at least 4 members (excludes halogenated alkanes) is 1. The smallest absolute Gasteiger partial charge is 0.374 e. The first kappa shape index (κ1) is 39.7. The number of amides is 2. The van der Waals surface area contributed by atoms with E-state index in [4.69, 9.17) is 0 Å². The summed E-state index contributed by atoms with van der Waals surface area (Å²) in [4.78, 5) is 53.3. The molecule has 0 bridgehead atoms. The maximum atomic E-state index is 14.0. The lowest BCUT2D eigenvalue weighted by Gasteiger charge is -2.29. The summed E-state index contributed by atoms with van der Waals surface area (Å²) in [5, 5.41) is 40.7. The van der Waals surface area contributed by atoms with Gasteiger partial charge in [-0.15, -0.1) is 0 Å². The quantitative estimate of drug-likeness (QED) is 0.0746. The average Bonchev–Trinajstić information content (AvgIpc) is 3.02. The third kappa shape index (κ3) is 14.8. The number of hydrogen-bond acceptors (Lipinski definition) is 8. The van der Waals surface area contributed by atoms with Crippen LogP contribution in [0.5, 0.6) is 0 Å². The molecule has 0 radical (unpaired) electrons. The molecule has 47 heavy (non-hydrogen) atoms. The molecule has 256 valence electrons. The Bertz CT molecular complexity index is 1250. The molecule has 7 N–H and O–H groups in total. The van der Waals surface area contributed by atoms with Crippen molar-refractivity contribution in [3.05, 3.63) is 71.8 Å². The van der Waals surface area contributed by atoms with Crippen LogP contribution in [0, 0.1) is 11.8 Å². The van der Waals surface area contributed by atoms with E-state index in [1.165, 1.54) is 6.82 Å². The van der Waals surface area contributed by atoms with E-state index in [0.717, 1.165) is 11.1 Å². The first-order valence-electron chi connectivity index (χ1n) is 16.6. The second-order valence-corrected chi connectivity index (χ2v) is 12.8. The summed E-state index contributed by atoms with van der Waals surface area (Å²) in [5.41, 5.74) is 1.70. The van der Waals surface area contributed by atoms with Crippen LogP contribution in [-0.4, -0.2) is 77.5 Å². The Balaban J connectivity index is 2.26. The third-order valence-electron chi connectivity index (χ3n) is 8.06. The summed E-state index contributed by atoms with van der Waals surface area (Å²) in [6, 6.07) is 15.7. The lowest BCUT2D eigenvalue weighted by molar-refractivity contribution is -0.143. The fourth-order valence-electron chi connectivity index (χ4n) is 5.58. The Morgan fingerprint density at radius 2 is 1.38 bits per heavy atom. The minimum atomic E-state index is -1.16. The van der Waals surface area contributed by atoms with Gasteiger partial charge in [-0.25, -0.2) is 4.79 Å². The van der Waals surface area contributed by atoms with Gasteiger partial charge in [0.25, 0.3) is 0 Å². The van der Waals surface area contributed by atoms with Crippen molar-refractivity contribution in [2.75, 3.05) is 6.54 Å². The van der Waals surface area contributed by atoms with Crippen molar-refractivity contribution >= 4 is 37.7 Å². The molecule has 0 aliphatic heterocycles. The number of rotatable bonds is 22. The second kappa shape index (κ2) is 20.7. The molecule has 2 aromatic rings. The molecule has 0 aliphatic rings. The summed E-state index contributed by atoms with van der Waals surface area (Å²) in [7, 11) is -1.65.